The van der Waals surface area contributed by atoms with Crippen molar-refractivity contribution in [3.05, 3.63) is 65.7 Å². The Labute approximate surface area is 112 Å². The van der Waals surface area contributed by atoms with Gasteiger partial charge in [-0.3, -0.25) is 0 Å². The molecule has 0 spiro atoms. The van der Waals surface area contributed by atoms with Crippen LogP contribution in [0.4, 0.5) is 10.5 Å². The Kier molecular flexibility index (Phi) is 4.29. The lowest BCUT2D eigenvalue weighted by atomic mass is 10.2. The summed E-state index contributed by atoms with van der Waals surface area (Å²) in [6.07, 6.45) is 1.61. The Bertz CT molecular complexity index is 579. The molecule has 0 saturated carbocycles. The van der Waals surface area contributed by atoms with E-state index in [0.717, 1.165) is 16.8 Å². The van der Waals surface area contributed by atoms with Crippen molar-refractivity contribution in [2.45, 2.75) is 6.92 Å². The SMILES string of the molecule is Cc1cccc(/C=N/NC(=O)Nc2ccccc2)c1. The van der Waals surface area contributed by atoms with Crippen LogP contribution >= 0.6 is 0 Å². The first-order valence-electron chi connectivity index (χ1n) is 5.96. The Morgan fingerprint density at radius 1 is 1.11 bits per heavy atom. The van der Waals surface area contributed by atoms with Gasteiger partial charge in [0, 0.05) is 5.69 Å². The van der Waals surface area contributed by atoms with Crippen LogP contribution in [0.5, 0.6) is 0 Å². The van der Waals surface area contributed by atoms with Gasteiger partial charge in [-0.15, -0.1) is 0 Å². The molecule has 2 rings (SSSR count). The molecule has 19 heavy (non-hydrogen) atoms. The number of nitrogens with one attached hydrogen (secondary N) is 2. The summed E-state index contributed by atoms with van der Waals surface area (Å²) in [6.45, 7) is 2.01. The van der Waals surface area contributed by atoms with E-state index in [1.165, 1.54) is 0 Å². The van der Waals surface area contributed by atoms with Gasteiger partial charge in [0.2, 0.25) is 0 Å². The lowest BCUT2D eigenvalue weighted by molar-refractivity contribution is 0.252. The molecule has 2 aromatic rings. The highest BCUT2D eigenvalue weighted by Crippen LogP contribution is 2.04. The second-order valence-corrected chi connectivity index (χ2v) is 4.10. The second-order valence-electron chi connectivity index (χ2n) is 4.10. The van der Waals surface area contributed by atoms with Gasteiger partial charge in [0.25, 0.3) is 0 Å². The molecule has 0 fully saturated rings. The molecule has 0 aromatic heterocycles. The van der Waals surface area contributed by atoms with Crippen LogP contribution in [0.15, 0.2) is 59.7 Å². The summed E-state index contributed by atoms with van der Waals surface area (Å²) in [4.78, 5) is 11.5. The first-order valence-corrected chi connectivity index (χ1v) is 5.96. The normalized spacial score (nSPS) is 10.4. The van der Waals surface area contributed by atoms with E-state index in [2.05, 4.69) is 15.8 Å². The number of hydrogen-bond donors (Lipinski definition) is 2. The summed E-state index contributed by atoms with van der Waals surface area (Å²) in [5.41, 5.74) is 5.24. The minimum atomic E-state index is -0.366. The summed E-state index contributed by atoms with van der Waals surface area (Å²) in [5.74, 6) is 0. The molecule has 2 amide bonds. The molecule has 0 aliphatic heterocycles. The average molecular weight is 253 g/mol. The van der Waals surface area contributed by atoms with Crippen molar-refractivity contribution in [3.63, 3.8) is 0 Å². The smallest absolute Gasteiger partial charge is 0.307 e. The zero-order valence-electron chi connectivity index (χ0n) is 10.6. The number of aryl methyl sites for hydroxylation is 1. The molecule has 2 N–H and O–H groups in total. The fraction of sp³-hybridized carbons (Fsp3) is 0.0667. The molecule has 4 nitrogen and oxygen atoms in total. The molecule has 0 atom stereocenters. The zero-order valence-corrected chi connectivity index (χ0v) is 10.6. The van der Waals surface area contributed by atoms with Crippen molar-refractivity contribution in [1.82, 2.24) is 5.43 Å². The van der Waals surface area contributed by atoms with Crippen LogP contribution in [0.1, 0.15) is 11.1 Å². The summed E-state index contributed by atoms with van der Waals surface area (Å²) in [5, 5.41) is 6.57. The van der Waals surface area contributed by atoms with Gasteiger partial charge in [0.15, 0.2) is 0 Å². The summed E-state index contributed by atoms with van der Waals surface area (Å²) in [7, 11) is 0. The summed E-state index contributed by atoms with van der Waals surface area (Å²) >= 11 is 0. The number of amides is 2. The standard InChI is InChI=1S/C15H15N3O/c1-12-6-5-7-13(10-12)11-16-18-15(19)17-14-8-3-2-4-9-14/h2-11H,1H3,(H2,17,18,19)/b16-11+. The number of rotatable bonds is 3. The van der Waals surface area contributed by atoms with E-state index in [4.69, 9.17) is 0 Å². The third-order valence-corrected chi connectivity index (χ3v) is 2.45. The average Bonchev–Trinajstić information content (AvgIpc) is 2.40. The van der Waals surface area contributed by atoms with Crippen molar-refractivity contribution < 1.29 is 4.79 Å². The minimum absolute atomic E-state index is 0.366. The van der Waals surface area contributed by atoms with Crippen molar-refractivity contribution in [2.75, 3.05) is 5.32 Å². The Balaban J connectivity index is 1.87. The highest BCUT2D eigenvalue weighted by atomic mass is 16.2. The predicted molar refractivity (Wildman–Crippen MR) is 77.4 cm³/mol. The lowest BCUT2D eigenvalue weighted by Crippen LogP contribution is -2.24. The van der Waals surface area contributed by atoms with Gasteiger partial charge in [-0.25, -0.2) is 10.2 Å². The molecule has 0 radical (unpaired) electrons. The van der Waals surface area contributed by atoms with Crippen LogP contribution < -0.4 is 10.7 Å². The van der Waals surface area contributed by atoms with Gasteiger partial charge in [0.05, 0.1) is 6.21 Å². The molecular weight excluding hydrogens is 238 g/mol. The van der Waals surface area contributed by atoms with Crippen molar-refractivity contribution in [1.29, 1.82) is 0 Å². The molecule has 0 saturated heterocycles. The number of urea groups is 1. The molecule has 2 aromatic carbocycles. The van der Waals surface area contributed by atoms with Crippen LogP contribution in [0.2, 0.25) is 0 Å². The van der Waals surface area contributed by atoms with Gasteiger partial charge in [-0.2, -0.15) is 5.10 Å². The van der Waals surface area contributed by atoms with E-state index in [1.807, 2.05) is 61.5 Å². The zero-order chi connectivity index (χ0) is 13.5. The molecule has 0 aliphatic rings. The van der Waals surface area contributed by atoms with E-state index in [1.54, 1.807) is 6.21 Å². The first kappa shape index (κ1) is 12.8. The van der Waals surface area contributed by atoms with E-state index in [0.29, 0.717) is 0 Å². The summed E-state index contributed by atoms with van der Waals surface area (Å²) < 4.78 is 0. The van der Waals surface area contributed by atoms with E-state index in [-0.39, 0.29) is 6.03 Å². The van der Waals surface area contributed by atoms with Crippen molar-refractivity contribution >= 4 is 17.9 Å². The van der Waals surface area contributed by atoms with Crippen molar-refractivity contribution in [2.24, 2.45) is 5.10 Å². The first-order chi connectivity index (χ1) is 9.24. The van der Waals surface area contributed by atoms with Gasteiger partial charge in [-0.1, -0.05) is 48.0 Å². The number of anilines is 1. The van der Waals surface area contributed by atoms with Gasteiger partial charge in [0.1, 0.15) is 0 Å². The maximum Gasteiger partial charge on any atom is 0.339 e. The number of carbonyl (C=O) groups excluding carboxylic acids is 1. The molecule has 0 heterocycles. The fourth-order valence-corrected chi connectivity index (χ4v) is 1.60. The van der Waals surface area contributed by atoms with Crippen LogP contribution in [0, 0.1) is 6.92 Å². The third kappa shape index (κ3) is 4.27. The number of para-hydroxylation sites is 1. The maximum absolute atomic E-state index is 11.5. The number of hydrogen-bond acceptors (Lipinski definition) is 2. The number of benzene rings is 2. The van der Waals surface area contributed by atoms with Crippen LogP contribution in [-0.2, 0) is 0 Å². The maximum atomic E-state index is 11.5. The Morgan fingerprint density at radius 3 is 2.63 bits per heavy atom. The lowest BCUT2D eigenvalue weighted by Gasteiger charge is -2.03. The van der Waals surface area contributed by atoms with E-state index >= 15 is 0 Å². The molecule has 4 heteroatoms. The van der Waals surface area contributed by atoms with E-state index < -0.39 is 0 Å². The second kappa shape index (κ2) is 6.35. The Hall–Kier alpha value is -2.62. The molecule has 0 bridgehead atoms. The minimum Gasteiger partial charge on any atom is -0.307 e. The number of nitrogens with zero attached hydrogens (tertiary/aromatic N) is 1. The van der Waals surface area contributed by atoms with Crippen molar-refractivity contribution in [3.8, 4) is 0 Å². The monoisotopic (exact) mass is 253 g/mol. The number of carbonyl (C=O) groups is 1. The van der Waals surface area contributed by atoms with Gasteiger partial charge < -0.3 is 5.32 Å². The molecular formula is C15H15N3O. The highest BCUT2D eigenvalue weighted by Gasteiger charge is 1.97. The fourth-order valence-electron chi connectivity index (χ4n) is 1.60. The van der Waals surface area contributed by atoms with E-state index in [9.17, 15) is 4.79 Å². The van der Waals surface area contributed by atoms with Gasteiger partial charge >= 0.3 is 6.03 Å². The third-order valence-electron chi connectivity index (χ3n) is 2.45. The molecule has 0 aliphatic carbocycles. The Morgan fingerprint density at radius 2 is 1.89 bits per heavy atom. The quantitative estimate of drug-likeness (QED) is 0.640. The predicted octanol–water partition coefficient (Wildman–Crippen LogP) is 3.15. The van der Waals surface area contributed by atoms with Crippen LogP contribution in [0.25, 0.3) is 0 Å². The number of hydrazone groups is 1. The molecule has 96 valence electrons. The van der Waals surface area contributed by atoms with Crippen LogP contribution in [0.3, 0.4) is 0 Å². The topological polar surface area (TPSA) is 53.5 Å². The molecule has 0 unspecified atom stereocenters. The summed E-state index contributed by atoms with van der Waals surface area (Å²) in [6, 6.07) is 16.7. The van der Waals surface area contributed by atoms with Crippen LogP contribution in [-0.4, -0.2) is 12.2 Å². The van der Waals surface area contributed by atoms with Gasteiger partial charge in [-0.05, 0) is 24.6 Å². The largest absolute Gasteiger partial charge is 0.339 e. The highest BCUT2D eigenvalue weighted by molar-refractivity contribution is 5.90.